The highest BCUT2D eigenvalue weighted by Crippen LogP contribution is 2.34. The predicted octanol–water partition coefficient (Wildman–Crippen LogP) is 5.15. The van der Waals surface area contributed by atoms with E-state index in [0.29, 0.717) is 43.9 Å². The molecule has 0 unspecified atom stereocenters. The predicted molar refractivity (Wildman–Crippen MR) is 135 cm³/mol. The van der Waals surface area contributed by atoms with Gasteiger partial charge in [0.25, 0.3) is 0 Å². The third kappa shape index (κ3) is 6.32. The van der Waals surface area contributed by atoms with Crippen molar-refractivity contribution in [3.63, 3.8) is 0 Å². The van der Waals surface area contributed by atoms with Gasteiger partial charge in [-0.3, -0.25) is 9.78 Å². The fourth-order valence-corrected chi connectivity index (χ4v) is 5.83. The molecule has 9 heteroatoms. The lowest BCUT2D eigenvalue weighted by Gasteiger charge is -2.37. The zero-order valence-electron chi connectivity index (χ0n) is 20.1. The number of aromatic nitrogens is 1. The van der Waals surface area contributed by atoms with Crippen LogP contribution < -0.4 is 4.74 Å². The van der Waals surface area contributed by atoms with Gasteiger partial charge in [-0.05, 0) is 79.8 Å². The zero-order chi connectivity index (χ0) is 25.7. The maximum atomic E-state index is 13.8. The maximum absolute atomic E-state index is 13.8. The van der Waals surface area contributed by atoms with Crippen LogP contribution in [0.15, 0.2) is 53.6 Å². The lowest BCUT2D eigenvalue weighted by Crippen LogP contribution is -2.44. The van der Waals surface area contributed by atoms with Gasteiger partial charge >= 0.3 is 5.97 Å². The summed E-state index contributed by atoms with van der Waals surface area (Å²) in [4.78, 5) is 18.7. The molecule has 3 atom stereocenters. The molecule has 192 valence electrons. The van der Waals surface area contributed by atoms with Crippen LogP contribution in [0.4, 0.5) is 8.78 Å². The number of carboxylic acid groups (broad SMARTS) is 1. The van der Waals surface area contributed by atoms with E-state index in [1.165, 1.54) is 17.8 Å². The van der Waals surface area contributed by atoms with Crippen molar-refractivity contribution in [2.75, 3.05) is 32.5 Å². The van der Waals surface area contributed by atoms with Gasteiger partial charge in [0.15, 0.2) is 0 Å². The number of halogens is 2. The van der Waals surface area contributed by atoms with Crippen molar-refractivity contribution in [3.8, 4) is 5.75 Å². The molecule has 1 fully saturated rings. The number of methoxy groups -OCH3 is 1. The highest BCUT2D eigenvalue weighted by Gasteiger charge is 2.34. The Bertz CT molecular complexity index is 1210. The number of carboxylic acids is 1. The molecule has 1 aromatic heterocycles. The van der Waals surface area contributed by atoms with Crippen LogP contribution in [0.3, 0.4) is 0 Å². The van der Waals surface area contributed by atoms with E-state index in [1.807, 2.05) is 18.2 Å². The number of nitrogens with zero attached hydrogens (tertiary/aromatic N) is 2. The van der Waals surface area contributed by atoms with Crippen molar-refractivity contribution in [1.82, 2.24) is 9.88 Å². The molecule has 6 nitrogen and oxygen atoms in total. The van der Waals surface area contributed by atoms with Crippen molar-refractivity contribution in [2.24, 2.45) is 11.8 Å². The number of fused-ring (bicyclic) bond motifs is 1. The molecule has 4 rings (SSSR count). The SMILES string of the molecule is COc1ccc2nccc([C@H](O)CC[C@@H]3CCN(CCSc4cc(F)ccc4F)C[C@@H]3C(=O)O)c2c1. The minimum atomic E-state index is -0.845. The third-order valence-corrected chi connectivity index (χ3v) is 7.88. The Balaban J connectivity index is 1.33. The number of thioether (sulfide) groups is 1. The van der Waals surface area contributed by atoms with E-state index in [0.717, 1.165) is 35.1 Å². The molecule has 1 aliphatic heterocycles. The molecule has 36 heavy (non-hydrogen) atoms. The number of aliphatic hydroxyl groups is 1. The summed E-state index contributed by atoms with van der Waals surface area (Å²) in [5, 5.41) is 21.7. The Morgan fingerprint density at radius 3 is 2.86 bits per heavy atom. The molecule has 0 aliphatic carbocycles. The highest BCUT2D eigenvalue weighted by atomic mass is 32.2. The molecule has 1 aliphatic rings. The summed E-state index contributed by atoms with van der Waals surface area (Å²) in [7, 11) is 1.59. The molecular formula is C27H30F2N2O4S. The van der Waals surface area contributed by atoms with Gasteiger partial charge < -0.3 is 19.8 Å². The van der Waals surface area contributed by atoms with Gasteiger partial charge in [-0.2, -0.15) is 0 Å². The number of aliphatic hydroxyl groups excluding tert-OH is 1. The summed E-state index contributed by atoms with van der Waals surface area (Å²) in [5.41, 5.74) is 1.52. The largest absolute Gasteiger partial charge is 0.497 e. The van der Waals surface area contributed by atoms with Crippen LogP contribution in [0.25, 0.3) is 10.9 Å². The second-order valence-electron chi connectivity index (χ2n) is 9.09. The zero-order valence-corrected chi connectivity index (χ0v) is 20.9. The Morgan fingerprint density at radius 1 is 1.25 bits per heavy atom. The number of aliphatic carboxylic acids is 1. The quantitative estimate of drug-likeness (QED) is 0.361. The van der Waals surface area contributed by atoms with Gasteiger partial charge in [0.05, 0.1) is 24.6 Å². The average molecular weight is 517 g/mol. The summed E-state index contributed by atoms with van der Waals surface area (Å²) < 4.78 is 32.5. The van der Waals surface area contributed by atoms with Crippen molar-refractivity contribution in [1.29, 1.82) is 0 Å². The molecule has 3 aromatic rings. The first kappa shape index (κ1) is 26.3. The minimum Gasteiger partial charge on any atom is -0.497 e. The first-order valence-electron chi connectivity index (χ1n) is 12.0. The fraction of sp³-hybridized carbons (Fsp3) is 0.407. The number of pyridine rings is 1. The number of ether oxygens (including phenoxy) is 1. The average Bonchev–Trinajstić information content (AvgIpc) is 2.88. The summed E-state index contributed by atoms with van der Waals surface area (Å²) in [6.07, 6.45) is 2.66. The monoisotopic (exact) mass is 516 g/mol. The van der Waals surface area contributed by atoms with Gasteiger partial charge in [-0.25, -0.2) is 8.78 Å². The Hall–Kier alpha value is -2.75. The maximum Gasteiger partial charge on any atom is 0.308 e. The summed E-state index contributed by atoms with van der Waals surface area (Å²) in [6, 6.07) is 10.7. The van der Waals surface area contributed by atoms with Gasteiger partial charge in [-0.15, -0.1) is 11.8 Å². The molecule has 0 spiro atoms. The number of likely N-dealkylation sites (tertiary alicyclic amines) is 1. The van der Waals surface area contributed by atoms with Crippen LogP contribution >= 0.6 is 11.8 Å². The molecule has 0 bridgehead atoms. The van der Waals surface area contributed by atoms with Crippen LogP contribution in [-0.2, 0) is 4.79 Å². The molecule has 0 radical (unpaired) electrons. The first-order chi connectivity index (χ1) is 17.4. The number of hydrogen-bond acceptors (Lipinski definition) is 6. The Labute approximate surface area is 213 Å². The molecular weight excluding hydrogens is 486 g/mol. The second kappa shape index (κ2) is 12.0. The molecule has 2 heterocycles. The van der Waals surface area contributed by atoms with E-state index in [9.17, 15) is 23.8 Å². The summed E-state index contributed by atoms with van der Waals surface area (Å²) in [5.74, 6) is -1.16. The van der Waals surface area contributed by atoms with Crippen LogP contribution in [0.5, 0.6) is 5.75 Å². The van der Waals surface area contributed by atoms with Crippen molar-refractivity contribution in [3.05, 3.63) is 65.9 Å². The molecule has 0 amide bonds. The normalized spacial score (nSPS) is 19.3. The molecule has 0 saturated carbocycles. The number of carbonyl (C=O) groups is 1. The smallest absolute Gasteiger partial charge is 0.308 e. The molecule has 2 aromatic carbocycles. The Morgan fingerprint density at radius 2 is 2.08 bits per heavy atom. The van der Waals surface area contributed by atoms with E-state index in [1.54, 1.807) is 19.4 Å². The highest BCUT2D eigenvalue weighted by molar-refractivity contribution is 7.99. The lowest BCUT2D eigenvalue weighted by atomic mass is 9.81. The van der Waals surface area contributed by atoms with Gasteiger partial charge in [0.2, 0.25) is 0 Å². The van der Waals surface area contributed by atoms with Crippen LogP contribution in [-0.4, -0.2) is 58.6 Å². The van der Waals surface area contributed by atoms with Gasteiger partial charge in [0, 0.05) is 35.3 Å². The van der Waals surface area contributed by atoms with Crippen molar-refractivity contribution < 1.29 is 28.5 Å². The number of benzene rings is 2. The van der Waals surface area contributed by atoms with Crippen LogP contribution in [0, 0.1) is 23.5 Å². The molecule has 2 N–H and O–H groups in total. The minimum absolute atomic E-state index is 0.0515. The van der Waals surface area contributed by atoms with Gasteiger partial charge in [0.1, 0.15) is 17.4 Å². The standard InChI is InChI=1S/C27H30F2N2O4S/c1-35-19-4-6-24-21(15-19)20(8-10-30-24)25(32)7-2-17-9-11-31(16-22(17)27(33)34)12-13-36-26-14-18(28)3-5-23(26)29/h3-6,8,10,14-15,17,22,25,32H,2,7,9,11-13,16H2,1H3,(H,33,34)/t17-,22+,25-/m1/s1. The Kier molecular flexibility index (Phi) is 8.77. The number of rotatable bonds is 10. The first-order valence-corrected chi connectivity index (χ1v) is 13.0. The molecule has 1 saturated heterocycles. The van der Waals surface area contributed by atoms with Crippen molar-refractivity contribution >= 4 is 28.6 Å². The number of piperidine rings is 1. The van der Waals surface area contributed by atoms with E-state index >= 15 is 0 Å². The van der Waals surface area contributed by atoms with E-state index in [2.05, 4.69) is 9.88 Å². The topological polar surface area (TPSA) is 82.9 Å². The third-order valence-electron chi connectivity index (χ3n) is 6.87. The second-order valence-corrected chi connectivity index (χ2v) is 10.2. The van der Waals surface area contributed by atoms with Crippen LogP contribution in [0.2, 0.25) is 0 Å². The van der Waals surface area contributed by atoms with Crippen LogP contribution in [0.1, 0.15) is 30.9 Å². The number of hydrogen-bond donors (Lipinski definition) is 2. The summed E-state index contributed by atoms with van der Waals surface area (Å²) >= 11 is 1.23. The lowest BCUT2D eigenvalue weighted by molar-refractivity contribution is -0.146. The van der Waals surface area contributed by atoms with E-state index in [-0.39, 0.29) is 10.8 Å². The van der Waals surface area contributed by atoms with Gasteiger partial charge in [-0.1, -0.05) is 0 Å². The summed E-state index contributed by atoms with van der Waals surface area (Å²) in [6.45, 7) is 1.72. The van der Waals surface area contributed by atoms with E-state index < -0.39 is 29.6 Å². The van der Waals surface area contributed by atoms with Crippen molar-refractivity contribution in [2.45, 2.75) is 30.3 Å². The fourth-order valence-electron chi connectivity index (χ4n) is 4.86. The van der Waals surface area contributed by atoms with E-state index in [4.69, 9.17) is 4.74 Å².